The van der Waals surface area contributed by atoms with E-state index in [1.807, 2.05) is 6.92 Å². The van der Waals surface area contributed by atoms with Gasteiger partial charge in [0.2, 0.25) is 0 Å². The third-order valence-corrected chi connectivity index (χ3v) is 5.48. The van der Waals surface area contributed by atoms with Crippen molar-refractivity contribution in [2.45, 2.75) is 27.3 Å². The lowest BCUT2D eigenvalue weighted by Crippen LogP contribution is -2.17. The van der Waals surface area contributed by atoms with Crippen molar-refractivity contribution in [3.63, 3.8) is 0 Å². The second-order valence-corrected chi connectivity index (χ2v) is 7.37. The lowest BCUT2D eigenvalue weighted by Gasteiger charge is -2.16. The number of rotatable bonds is 2. The summed E-state index contributed by atoms with van der Waals surface area (Å²) in [6.07, 6.45) is 1.23. The minimum atomic E-state index is -2.95. The summed E-state index contributed by atoms with van der Waals surface area (Å²) in [7, 11) is 0. The molecule has 0 atom stereocenters. The molecule has 0 bridgehead atoms. The molecule has 0 fully saturated rings. The number of nitrogen functional groups attached to an aromatic ring is 1. The van der Waals surface area contributed by atoms with Crippen LogP contribution in [0.15, 0.2) is 18.3 Å². The number of nitrogens with zero attached hydrogens (tertiary/aromatic N) is 5. The SMILES string of the molecule is Cc1nc2c3c(c(N)n(-c4c(C)ccc(O)c4C)c3n1)C(=O)Nc1c-2cnn1C(F)F. The average molecular weight is 425 g/mol. The number of alkyl halides is 2. The summed E-state index contributed by atoms with van der Waals surface area (Å²) in [6, 6.07) is 3.30. The molecule has 0 unspecified atom stereocenters. The van der Waals surface area contributed by atoms with E-state index in [4.69, 9.17) is 5.73 Å². The molecule has 31 heavy (non-hydrogen) atoms. The van der Waals surface area contributed by atoms with Crippen LogP contribution in [0, 0.1) is 20.8 Å². The second-order valence-electron chi connectivity index (χ2n) is 7.37. The van der Waals surface area contributed by atoms with Crippen molar-refractivity contribution in [3.8, 4) is 22.7 Å². The predicted octanol–water partition coefficient (Wildman–Crippen LogP) is 3.46. The predicted molar refractivity (Wildman–Crippen MR) is 110 cm³/mol. The molecule has 0 aliphatic carbocycles. The maximum Gasteiger partial charge on any atom is 0.335 e. The van der Waals surface area contributed by atoms with Crippen LogP contribution >= 0.6 is 0 Å². The van der Waals surface area contributed by atoms with Gasteiger partial charge in [-0.3, -0.25) is 9.36 Å². The van der Waals surface area contributed by atoms with Crippen molar-refractivity contribution >= 4 is 28.6 Å². The number of amides is 1. The Kier molecular flexibility index (Phi) is 3.82. The molecule has 0 saturated heterocycles. The van der Waals surface area contributed by atoms with E-state index in [-0.39, 0.29) is 34.2 Å². The molecule has 4 aromatic rings. The number of carbonyl (C=O) groups excluding carboxylic acids is 1. The molecule has 0 radical (unpaired) electrons. The first-order valence-corrected chi connectivity index (χ1v) is 9.36. The maximum absolute atomic E-state index is 13.4. The first kappa shape index (κ1) is 19.0. The molecule has 11 heteroatoms. The highest BCUT2D eigenvalue weighted by atomic mass is 19.3. The van der Waals surface area contributed by atoms with Crippen LogP contribution in [0.4, 0.5) is 20.4 Å². The largest absolute Gasteiger partial charge is 0.508 e. The van der Waals surface area contributed by atoms with Gasteiger partial charge in [0.05, 0.1) is 34.1 Å². The van der Waals surface area contributed by atoms with Gasteiger partial charge in [-0.15, -0.1) is 0 Å². The van der Waals surface area contributed by atoms with E-state index in [0.717, 1.165) is 5.56 Å². The van der Waals surface area contributed by atoms with E-state index >= 15 is 0 Å². The van der Waals surface area contributed by atoms with Crippen molar-refractivity contribution in [2.75, 3.05) is 11.1 Å². The Labute approximate surface area is 174 Å². The third kappa shape index (κ3) is 2.46. The molecule has 158 valence electrons. The third-order valence-electron chi connectivity index (χ3n) is 5.48. The Morgan fingerprint density at radius 1 is 1.19 bits per heavy atom. The Hall–Kier alpha value is -4.02. The Balaban J connectivity index is 1.96. The number of aromatic hydroxyl groups is 1. The van der Waals surface area contributed by atoms with Gasteiger partial charge in [0.25, 0.3) is 5.91 Å². The summed E-state index contributed by atoms with van der Waals surface area (Å²) in [5.41, 5.74) is 9.29. The van der Waals surface area contributed by atoms with Gasteiger partial charge in [0, 0.05) is 5.56 Å². The summed E-state index contributed by atoms with van der Waals surface area (Å²) >= 11 is 0. The molecule has 1 aromatic carbocycles. The van der Waals surface area contributed by atoms with Crippen LogP contribution in [0.1, 0.15) is 33.9 Å². The minimum Gasteiger partial charge on any atom is -0.508 e. The van der Waals surface area contributed by atoms with Crippen molar-refractivity contribution in [1.29, 1.82) is 0 Å². The number of aromatic nitrogens is 5. The quantitative estimate of drug-likeness (QED) is 0.452. The Morgan fingerprint density at radius 3 is 2.65 bits per heavy atom. The van der Waals surface area contributed by atoms with Crippen LogP contribution < -0.4 is 11.1 Å². The van der Waals surface area contributed by atoms with Gasteiger partial charge >= 0.3 is 6.55 Å². The molecule has 9 nitrogen and oxygen atoms in total. The molecule has 4 heterocycles. The normalized spacial score (nSPS) is 12.9. The molecule has 1 aliphatic heterocycles. The highest BCUT2D eigenvalue weighted by Gasteiger charge is 2.34. The highest BCUT2D eigenvalue weighted by molar-refractivity contribution is 6.22. The Bertz CT molecular complexity index is 1420. The summed E-state index contributed by atoms with van der Waals surface area (Å²) in [6.45, 7) is 2.28. The van der Waals surface area contributed by atoms with Crippen molar-refractivity contribution in [3.05, 3.63) is 40.8 Å². The van der Waals surface area contributed by atoms with Crippen LogP contribution in [-0.4, -0.2) is 35.3 Å². The van der Waals surface area contributed by atoms with E-state index < -0.39 is 12.5 Å². The fraction of sp³-hybridized carbons (Fsp3) is 0.200. The number of fused-ring (bicyclic) bond motifs is 2. The molecular weight excluding hydrogens is 408 g/mol. The summed E-state index contributed by atoms with van der Waals surface area (Å²) in [4.78, 5) is 22.1. The fourth-order valence-electron chi connectivity index (χ4n) is 4.10. The topological polar surface area (TPSA) is 124 Å². The van der Waals surface area contributed by atoms with Crippen molar-refractivity contribution in [1.82, 2.24) is 24.3 Å². The average Bonchev–Trinajstić information content (AvgIpc) is 3.20. The standard InChI is InChI=1S/C20H17F2N7O2/c1-7-4-5-11(30)8(2)15(7)28-16(23)13-12-14(25-9(3)26-18(12)28)10-6-24-29(20(21)22)17(10)27-19(13)31/h4-6,20,30H,23H2,1-3H3,(H,27,31). The zero-order valence-electron chi connectivity index (χ0n) is 16.7. The lowest BCUT2D eigenvalue weighted by atomic mass is 10.1. The summed E-state index contributed by atoms with van der Waals surface area (Å²) < 4.78 is 28.9. The number of halogens is 2. The van der Waals surface area contributed by atoms with E-state index in [9.17, 15) is 18.7 Å². The summed E-state index contributed by atoms with van der Waals surface area (Å²) in [5.74, 6) is -0.357. The van der Waals surface area contributed by atoms with Gasteiger partial charge in [0.15, 0.2) is 5.65 Å². The number of carbonyl (C=O) groups is 1. The Morgan fingerprint density at radius 2 is 1.94 bits per heavy atom. The van der Waals surface area contributed by atoms with Crippen LogP contribution in [0.25, 0.3) is 28.0 Å². The van der Waals surface area contributed by atoms with Crippen molar-refractivity contribution in [2.24, 2.45) is 0 Å². The monoisotopic (exact) mass is 425 g/mol. The van der Waals surface area contributed by atoms with E-state index in [1.54, 1.807) is 30.5 Å². The van der Waals surface area contributed by atoms with Crippen LogP contribution in [0.2, 0.25) is 0 Å². The van der Waals surface area contributed by atoms with Gasteiger partial charge in [-0.1, -0.05) is 6.07 Å². The number of anilines is 2. The van der Waals surface area contributed by atoms with Gasteiger partial charge in [0.1, 0.15) is 23.2 Å². The van der Waals surface area contributed by atoms with Gasteiger partial charge in [-0.2, -0.15) is 18.6 Å². The van der Waals surface area contributed by atoms with Crippen molar-refractivity contribution < 1.29 is 18.7 Å². The maximum atomic E-state index is 13.4. The molecule has 3 aromatic heterocycles. The first-order chi connectivity index (χ1) is 14.7. The van der Waals surface area contributed by atoms with E-state index in [0.29, 0.717) is 32.8 Å². The molecule has 1 amide bonds. The van der Waals surface area contributed by atoms with Crippen LogP contribution in [-0.2, 0) is 0 Å². The number of aryl methyl sites for hydroxylation is 2. The number of hydrogen-bond donors (Lipinski definition) is 3. The van der Waals surface area contributed by atoms with E-state index in [2.05, 4.69) is 20.4 Å². The molecule has 1 aliphatic rings. The lowest BCUT2D eigenvalue weighted by molar-refractivity contribution is 0.0588. The number of phenols is 1. The number of nitrogens with one attached hydrogen (secondary N) is 1. The van der Waals surface area contributed by atoms with Gasteiger partial charge in [-0.05, 0) is 32.4 Å². The number of nitrogens with two attached hydrogens (primary N) is 1. The summed E-state index contributed by atoms with van der Waals surface area (Å²) in [5, 5.41) is 16.8. The molecule has 0 spiro atoms. The molecule has 4 N–H and O–H groups in total. The number of hydrogen-bond acceptors (Lipinski definition) is 6. The first-order valence-electron chi connectivity index (χ1n) is 9.36. The van der Waals surface area contributed by atoms with Gasteiger partial charge in [-0.25, -0.2) is 9.97 Å². The van der Waals surface area contributed by atoms with Crippen LogP contribution in [0.3, 0.4) is 0 Å². The van der Waals surface area contributed by atoms with E-state index in [1.165, 1.54) is 6.20 Å². The zero-order valence-corrected chi connectivity index (χ0v) is 16.7. The molecule has 0 saturated carbocycles. The minimum absolute atomic E-state index is 0.0615. The van der Waals surface area contributed by atoms with Crippen LogP contribution in [0.5, 0.6) is 5.75 Å². The second kappa shape index (κ2) is 6.24. The molecule has 5 rings (SSSR count). The zero-order chi connectivity index (χ0) is 22.2. The van der Waals surface area contributed by atoms with Gasteiger partial charge < -0.3 is 16.2 Å². The highest BCUT2D eigenvalue weighted by Crippen LogP contribution is 2.43. The smallest absolute Gasteiger partial charge is 0.335 e. The fourth-order valence-corrected chi connectivity index (χ4v) is 4.10. The number of benzene rings is 1. The number of phenolic OH excluding ortho intramolecular Hbond substituents is 1. The molecular formula is C20H17F2N7O2.